The second kappa shape index (κ2) is 6.55. The maximum absolute atomic E-state index is 12.9. The van der Waals surface area contributed by atoms with E-state index in [9.17, 15) is 4.79 Å². The lowest BCUT2D eigenvalue weighted by molar-refractivity contribution is 0.0865. The summed E-state index contributed by atoms with van der Waals surface area (Å²) in [5.41, 5.74) is 5.05. The maximum atomic E-state index is 12.9. The van der Waals surface area contributed by atoms with Gasteiger partial charge < -0.3 is 9.47 Å². The van der Waals surface area contributed by atoms with Crippen LogP contribution in [-0.2, 0) is 6.54 Å². The quantitative estimate of drug-likeness (QED) is 0.676. The lowest BCUT2D eigenvalue weighted by Gasteiger charge is -2.35. The van der Waals surface area contributed by atoms with Crippen LogP contribution in [0.5, 0.6) is 0 Å². The molecule has 3 aromatic rings. The Labute approximate surface area is 175 Å². The lowest BCUT2D eigenvalue weighted by atomic mass is 10.1. The fourth-order valence-electron chi connectivity index (χ4n) is 5.01. The van der Waals surface area contributed by atoms with E-state index in [0.717, 1.165) is 47.9 Å². The van der Waals surface area contributed by atoms with Gasteiger partial charge in [0.15, 0.2) is 0 Å². The first kappa shape index (κ1) is 17.4. The molecular weight excluding hydrogens is 374 g/mol. The number of fused-ring (bicyclic) bond motifs is 5. The van der Waals surface area contributed by atoms with Crippen LogP contribution in [0.15, 0.2) is 66.0 Å². The molecular formula is C24H23N5O. The van der Waals surface area contributed by atoms with Crippen LogP contribution < -0.4 is 4.90 Å². The summed E-state index contributed by atoms with van der Waals surface area (Å²) < 4.78 is 2.12. The Balaban J connectivity index is 1.30. The number of pyridine rings is 1. The van der Waals surface area contributed by atoms with Crippen LogP contribution in [0.4, 0.5) is 5.69 Å². The number of benzene rings is 1. The molecule has 4 heterocycles. The van der Waals surface area contributed by atoms with Gasteiger partial charge in [0.25, 0.3) is 5.91 Å². The third kappa shape index (κ3) is 2.60. The molecule has 1 saturated carbocycles. The minimum Gasteiger partial charge on any atom is -0.347 e. The van der Waals surface area contributed by atoms with E-state index in [1.165, 1.54) is 12.0 Å². The summed E-state index contributed by atoms with van der Waals surface area (Å²) in [6.45, 7) is 0.723. The van der Waals surface area contributed by atoms with Gasteiger partial charge in [-0.15, -0.1) is 0 Å². The topological polar surface area (TPSA) is 53.7 Å². The van der Waals surface area contributed by atoms with Gasteiger partial charge in [-0.25, -0.2) is 4.99 Å². The van der Waals surface area contributed by atoms with Crippen LogP contribution in [0, 0.1) is 0 Å². The van der Waals surface area contributed by atoms with Crippen LogP contribution in [0.3, 0.4) is 0 Å². The van der Waals surface area contributed by atoms with Gasteiger partial charge in [0.1, 0.15) is 0 Å². The standard InChI is InChI=1S/C24H23N5O/c1-27-23(30)18-14-28(15-22(18)29-21-7-4-6-20(21)26-24(27)29)13-16-8-10-17(11-9-16)19-5-2-3-12-25-19/h2-3,5,8-12,14-15,20-21H,4,6-7,13H2,1H3. The Morgan fingerprint density at radius 2 is 1.93 bits per heavy atom. The second-order valence-corrected chi connectivity index (χ2v) is 8.37. The molecule has 2 aliphatic heterocycles. The molecule has 1 aliphatic carbocycles. The Kier molecular flexibility index (Phi) is 3.81. The first-order chi connectivity index (χ1) is 14.7. The number of nitrogens with zero attached hydrogens (tertiary/aromatic N) is 5. The first-order valence-electron chi connectivity index (χ1n) is 10.5. The summed E-state index contributed by atoms with van der Waals surface area (Å²) in [4.78, 5) is 26.2. The summed E-state index contributed by atoms with van der Waals surface area (Å²) >= 11 is 0. The van der Waals surface area contributed by atoms with E-state index in [4.69, 9.17) is 4.99 Å². The molecule has 1 aromatic carbocycles. The zero-order valence-electron chi connectivity index (χ0n) is 16.9. The predicted molar refractivity (Wildman–Crippen MR) is 117 cm³/mol. The summed E-state index contributed by atoms with van der Waals surface area (Å²) in [7, 11) is 1.84. The molecule has 2 aromatic heterocycles. The lowest BCUT2D eigenvalue weighted by Crippen LogP contribution is -2.50. The van der Waals surface area contributed by atoms with Crippen LogP contribution in [0.1, 0.15) is 35.2 Å². The number of guanidine groups is 1. The first-order valence-corrected chi connectivity index (χ1v) is 10.5. The number of amides is 1. The molecule has 0 N–H and O–H groups in total. The number of hydrogen-bond acceptors (Lipinski definition) is 4. The highest BCUT2D eigenvalue weighted by atomic mass is 16.2. The highest BCUT2D eigenvalue weighted by molar-refractivity contribution is 6.19. The minimum absolute atomic E-state index is 0.0317. The van der Waals surface area contributed by atoms with E-state index in [-0.39, 0.29) is 5.91 Å². The molecule has 0 radical (unpaired) electrons. The summed E-state index contributed by atoms with van der Waals surface area (Å²) in [6.07, 6.45) is 9.37. The van der Waals surface area contributed by atoms with Gasteiger partial charge in [0.05, 0.1) is 29.0 Å². The molecule has 0 saturated heterocycles. The van der Waals surface area contributed by atoms with Gasteiger partial charge in [-0.1, -0.05) is 30.3 Å². The number of carbonyl (C=O) groups excluding carboxylic acids is 1. The highest BCUT2D eigenvalue weighted by Crippen LogP contribution is 2.41. The molecule has 3 aliphatic rings. The molecule has 6 nitrogen and oxygen atoms in total. The van der Waals surface area contributed by atoms with Crippen molar-refractivity contribution in [3.8, 4) is 11.3 Å². The Morgan fingerprint density at radius 1 is 1.07 bits per heavy atom. The van der Waals surface area contributed by atoms with Gasteiger partial charge in [-0.3, -0.25) is 14.7 Å². The van der Waals surface area contributed by atoms with E-state index < -0.39 is 0 Å². The van der Waals surface area contributed by atoms with E-state index in [2.05, 4.69) is 44.9 Å². The molecule has 1 fully saturated rings. The smallest absolute Gasteiger partial charge is 0.263 e. The Hall–Kier alpha value is -3.41. The van der Waals surface area contributed by atoms with E-state index >= 15 is 0 Å². The third-order valence-corrected chi connectivity index (χ3v) is 6.51. The molecule has 2 atom stereocenters. The number of anilines is 1. The maximum Gasteiger partial charge on any atom is 0.263 e. The van der Waals surface area contributed by atoms with Crippen molar-refractivity contribution in [2.75, 3.05) is 11.9 Å². The van der Waals surface area contributed by atoms with Crippen LogP contribution in [-0.4, -0.2) is 45.4 Å². The number of rotatable bonds is 3. The fourth-order valence-corrected chi connectivity index (χ4v) is 5.01. The molecule has 0 bridgehead atoms. The van der Waals surface area contributed by atoms with Crippen molar-refractivity contribution < 1.29 is 4.79 Å². The van der Waals surface area contributed by atoms with Crippen molar-refractivity contribution in [1.82, 2.24) is 14.5 Å². The summed E-state index contributed by atoms with van der Waals surface area (Å²) in [5, 5.41) is 0. The van der Waals surface area contributed by atoms with Gasteiger partial charge >= 0.3 is 0 Å². The second-order valence-electron chi connectivity index (χ2n) is 8.37. The zero-order valence-corrected chi connectivity index (χ0v) is 16.9. The average Bonchev–Trinajstić information content (AvgIpc) is 3.48. The minimum atomic E-state index is 0.0317. The van der Waals surface area contributed by atoms with Gasteiger partial charge in [0.2, 0.25) is 5.96 Å². The van der Waals surface area contributed by atoms with E-state index in [1.807, 2.05) is 37.6 Å². The highest BCUT2D eigenvalue weighted by Gasteiger charge is 2.47. The van der Waals surface area contributed by atoms with Crippen molar-refractivity contribution in [3.05, 3.63) is 72.2 Å². The third-order valence-electron chi connectivity index (χ3n) is 6.51. The fraction of sp³-hybridized carbons (Fsp3) is 0.292. The van der Waals surface area contributed by atoms with Crippen molar-refractivity contribution in [2.45, 2.75) is 37.9 Å². The van der Waals surface area contributed by atoms with Gasteiger partial charge in [-0.2, -0.15) is 0 Å². The molecule has 150 valence electrons. The van der Waals surface area contributed by atoms with Crippen LogP contribution in [0.2, 0.25) is 0 Å². The SMILES string of the molecule is CN1C(=O)c2cn(Cc3ccc(-c4ccccn4)cc3)cc2N2C1=NC1CCCC12. The molecule has 0 spiro atoms. The summed E-state index contributed by atoms with van der Waals surface area (Å²) in [6, 6.07) is 15.1. The van der Waals surface area contributed by atoms with Crippen LogP contribution >= 0.6 is 0 Å². The Bertz CT molecular complexity index is 1150. The van der Waals surface area contributed by atoms with Gasteiger partial charge in [-0.05, 0) is 37.0 Å². The average molecular weight is 397 g/mol. The van der Waals surface area contributed by atoms with Crippen molar-refractivity contribution >= 4 is 17.6 Å². The molecule has 6 heteroatoms. The van der Waals surface area contributed by atoms with Gasteiger partial charge in [0, 0.05) is 37.7 Å². The zero-order chi connectivity index (χ0) is 20.2. The van der Waals surface area contributed by atoms with E-state index in [1.54, 1.807) is 4.90 Å². The number of aromatic nitrogens is 2. The summed E-state index contributed by atoms with van der Waals surface area (Å²) in [5.74, 6) is 0.851. The van der Waals surface area contributed by atoms with Crippen molar-refractivity contribution in [2.24, 2.45) is 4.99 Å². The number of hydrogen-bond donors (Lipinski definition) is 0. The van der Waals surface area contributed by atoms with Crippen molar-refractivity contribution in [3.63, 3.8) is 0 Å². The monoisotopic (exact) mass is 397 g/mol. The Morgan fingerprint density at radius 3 is 2.73 bits per heavy atom. The number of carbonyl (C=O) groups is 1. The van der Waals surface area contributed by atoms with Crippen molar-refractivity contribution in [1.29, 1.82) is 0 Å². The molecule has 1 amide bonds. The number of aliphatic imine (C=N–C) groups is 1. The van der Waals surface area contributed by atoms with Crippen LogP contribution in [0.25, 0.3) is 11.3 Å². The largest absolute Gasteiger partial charge is 0.347 e. The molecule has 6 rings (SSSR count). The normalized spacial score (nSPS) is 22.0. The molecule has 2 unspecified atom stereocenters. The predicted octanol–water partition coefficient (Wildman–Crippen LogP) is 3.78. The van der Waals surface area contributed by atoms with E-state index in [0.29, 0.717) is 12.1 Å². The molecule has 30 heavy (non-hydrogen) atoms.